The first-order chi connectivity index (χ1) is 15.6. The fourth-order valence-electron chi connectivity index (χ4n) is 3.22. The second-order valence-corrected chi connectivity index (χ2v) is 9.69. The third-order valence-electron chi connectivity index (χ3n) is 4.99. The monoisotopic (exact) mass is 475 g/mol. The molecule has 0 bridgehead atoms. The number of hydrogen-bond acceptors (Lipinski definition) is 7. The lowest BCUT2D eigenvalue weighted by atomic mass is 10.1. The number of aliphatic hydroxyl groups is 1. The maximum atomic E-state index is 13.4. The highest BCUT2D eigenvalue weighted by molar-refractivity contribution is 7.89. The summed E-state index contributed by atoms with van der Waals surface area (Å²) >= 11 is 0. The van der Waals surface area contributed by atoms with E-state index in [1.54, 1.807) is 62.8 Å². The second-order valence-electron chi connectivity index (χ2n) is 7.72. The van der Waals surface area contributed by atoms with Crippen molar-refractivity contribution in [2.45, 2.75) is 25.6 Å². The minimum atomic E-state index is -4.02. The number of methoxy groups -OCH3 is 2. The van der Waals surface area contributed by atoms with Gasteiger partial charge in [0, 0.05) is 13.1 Å². The number of sulfonamides is 1. The average molecular weight is 476 g/mol. The number of nitrogens with zero attached hydrogens (tertiary/aromatic N) is 3. The van der Waals surface area contributed by atoms with Crippen LogP contribution in [0.4, 0.5) is 4.39 Å². The van der Waals surface area contributed by atoms with Crippen molar-refractivity contribution in [3.8, 4) is 11.5 Å². The van der Waals surface area contributed by atoms with Gasteiger partial charge in [-0.15, -0.1) is 0 Å². The third-order valence-corrected chi connectivity index (χ3v) is 6.97. The van der Waals surface area contributed by atoms with Crippen LogP contribution in [-0.4, -0.2) is 47.8 Å². The van der Waals surface area contributed by atoms with E-state index < -0.39 is 27.2 Å². The molecular weight excluding hydrogens is 449 g/mol. The zero-order chi connectivity index (χ0) is 24.1. The van der Waals surface area contributed by atoms with Crippen LogP contribution in [0.5, 0.6) is 11.5 Å². The van der Waals surface area contributed by atoms with Crippen LogP contribution in [0.1, 0.15) is 23.9 Å². The van der Waals surface area contributed by atoms with Gasteiger partial charge >= 0.3 is 0 Å². The number of benzene rings is 2. The molecule has 0 aliphatic rings. The molecule has 10 heteroatoms. The van der Waals surface area contributed by atoms with E-state index in [0.29, 0.717) is 11.5 Å². The Morgan fingerprint density at radius 2 is 1.33 bits per heavy atom. The molecule has 1 N–H and O–H groups in total. The molecule has 1 aromatic heterocycles. The highest BCUT2D eigenvalue weighted by Crippen LogP contribution is 2.24. The Kier molecular flexibility index (Phi) is 7.62. The van der Waals surface area contributed by atoms with Crippen molar-refractivity contribution in [3.05, 3.63) is 83.7 Å². The molecule has 0 saturated heterocycles. The largest absolute Gasteiger partial charge is 0.497 e. The molecular formula is C23H26FN3O5S. The molecule has 0 saturated carbocycles. The summed E-state index contributed by atoms with van der Waals surface area (Å²) < 4.78 is 51.6. The summed E-state index contributed by atoms with van der Waals surface area (Å²) in [6.07, 6.45) is 1.77. The first kappa shape index (κ1) is 24.6. The van der Waals surface area contributed by atoms with Gasteiger partial charge in [-0.25, -0.2) is 22.8 Å². The zero-order valence-corrected chi connectivity index (χ0v) is 19.4. The van der Waals surface area contributed by atoms with Crippen molar-refractivity contribution < 1.29 is 27.4 Å². The quantitative estimate of drug-likeness (QED) is 0.481. The number of hydrogen-bond donors (Lipinski definition) is 1. The first-order valence-corrected chi connectivity index (χ1v) is 11.7. The normalized spacial score (nSPS) is 13.5. The van der Waals surface area contributed by atoms with Crippen LogP contribution >= 0.6 is 0 Å². The minimum Gasteiger partial charge on any atom is -0.497 e. The molecule has 3 aromatic rings. The molecule has 0 amide bonds. The van der Waals surface area contributed by atoms with Crippen molar-refractivity contribution in [1.82, 2.24) is 14.3 Å². The van der Waals surface area contributed by atoms with Crippen molar-refractivity contribution in [2.24, 2.45) is 0 Å². The summed E-state index contributed by atoms with van der Waals surface area (Å²) in [4.78, 5) is 7.51. The second kappa shape index (κ2) is 10.2. The molecule has 33 heavy (non-hydrogen) atoms. The summed E-state index contributed by atoms with van der Waals surface area (Å²) in [5.74, 6) is -0.239. The number of aromatic nitrogens is 2. The summed E-state index contributed by atoms with van der Waals surface area (Å²) in [5, 5.41) is 10.8. The van der Waals surface area contributed by atoms with Crippen molar-refractivity contribution in [1.29, 1.82) is 0 Å². The van der Waals surface area contributed by atoms with E-state index in [1.165, 1.54) is 11.2 Å². The lowest BCUT2D eigenvalue weighted by molar-refractivity contribution is 0.0703. The van der Waals surface area contributed by atoms with Crippen LogP contribution < -0.4 is 9.47 Å². The van der Waals surface area contributed by atoms with Gasteiger partial charge in [0.25, 0.3) is 0 Å². The number of rotatable bonds is 10. The van der Waals surface area contributed by atoms with E-state index in [9.17, 15) is 17.9 Å². The topological polar surface area (TPSA) is 102 Å². The van der Waals surface area contributed by atoms with E-state index >= 15 is 0 Å². The van der Waals surface area contributed by atoms with Gasteiger partial charge in [0.2, 0.25) is 10.0 Å². The van der Waals surface area contributed by atoms with Crippen LogP contribution in [0.25, 0.3) is 0 Å². The summed E-state index contributed by atoms with van der Waals surface area (Å²) in [6, 6.07) is 14.1. The predicted octanol–water partition coefficient (Wildman–Crippen LogP) is 2.87. The Bertz CT molecular complexity index is 1100. The molecule has 176 valence electrons. The highest BCUT2D eigenvalue weighted by atomic mass is 32.2. The van der Waals surface area contributed by atoms with Gasteiger partial charge in [-0.3, -0.25) is 0 Å². The van der Waals surface area contributed by atoms with E-state index in [0.717, 1.165) is 23.5 Å². The van der Waals surface area contributed by atoms with Crippen LogP contribution in [0.2, 0.25) is 0 Å². The Labute approximate surface area is 192 Å². The summed E-state index contributed by atoms with van der Waals surface area (Å²) in [7, 11) is -0.918. The molecule has 0 fully saturated rings. The predicted molar refractivity (Wildman–Crippen MR) is 121 cm³/mol. The molecule has 2 aromatic carbocycles. The Morgan fingerprint density at radius 1 is 0.909 bits per heavy atom. The third kappa shape index (κ3) is 6.47. The minimum absolute atomic E-state index is 0.0682. The Morgan fingerprint density at radius 3 is 1.73 bits per heavy atom. The smallest absolute Gasteiger partial charge is 0.218 e. The molecule has 1 heterocycles. The molecule has 0 aliphatic heterocycles. The molecule has 8 nitrogen and oxygen atoms in total. The van der Waals surface area contributed by atoms with Crippen LogP contribution in [0.15, 0.2) is 60.9 Å². The lowest BCUT2D eigenvalue weighted by Crippen LogP contribution is -2.41. The maximum Gasteiger partial charge on any atom is 0.218 e. The zero-order valence-electron chi connectivity index (χ0n) is 18.6. The lowest BCUT2D eigenvalue weighted by Gasteiger charge is -2.28. The van der Waals surface area contributed by atoms with Crippen LogP contribution in [-0.2, 0) is 28.7 Å². The van der Waals surface area contributed by atoms with Crippen molar-refractivity contribution in [2.75, 3.05) is 20.0 Å². The Balaban J connectivity index is 1.89. The van der Waals surface area contributed by atoms with E-state index in [4.69, 9.17) is 9.47 Å². The average Bonchev–Trinajstić information content (AvgIpc) is 2.79. The number of halogens is 1. The van der Waals surface area contributed by atoms with Crippen molar-refractivity contribution in [3.63, 3.8) is 0 Å². The van der Waals surface area contributed by atoms with Gasteiger partial charge < -0.3 is 14.6 Å². The van der Waals surface area contributed by atoms with Gasteiger partial charge in [-0.1, -0.05) is 24.3 Å². The summed E-state index contributed by atoms with van der Waals surface area (Å²) in [6.45, 7) is 1.42. The van der Waals surface area contributed by atoms with E-state index in [2.05, 4.69) is 9.97 Å². The number of ether oxygens (including phenoxy) is 2. The fraction of sp³-hybridized carbons (Fsp3) is 0.304. The van der Waals surface area contributed by atoms with Gasteiger partial charge in [0.1, 0.15) is 22.9 Å². The highest BCUT2D eigenvalue weighted by Gasteiger charge is 2.36. The van der Waals surface area contributed by atoms with E-state index in [1.807, 2.05) is 0 Å². The van der Waals surface area contributed by atoms with Crippen molar-refractivity contribution >= 4 is 10.0 Å². The molecule has 3 rings (SSSR count). The van der Waals surface area contributed by atoms with Crippen LogP contribution in [0, 0.1) is 5.82 Å². The maximum absolute atomic E-state index is 13.4. The van der Waals surface area contributed by atoms with E-state index in [-0.39, 0.29) is 18.9 Å². The molecule has 0 radical (unpaired) electrons. The SMILES string of the molecule is COc1ccc(CN(Cc2ccc(OC)cc2)S(=O)(=O)C[C@](C)(O)c2ncc(F)cn2)cc1. The first-order valence-electron chi connectivity index (χ1n) is 10.1. The molecule has 1 atom stereocenters. The van der Waals surface area contributed by atoms with Gasteiger partial charge in [0.05, 0.1) is 26.6 Å². The molecule has 0 spiro atoms. The summed E-state index contributed by atoms with van der Waals surface area (Å²) in [5.41, 5.74) is -0.443. The molecule has 0 unspecified atom stereocenters. The fourth-order valence-corrected chi connectivity index (χ4v) is 4.94. The van der Waals surface area contributed by atoms with Crippen LogP contribution in [0.3, 0.4) is 0 Å². The Hall–Kier alpha value is -3.08. The van der Waals surface area contributed by atoms with Gasteiger partial charge in [0.15, 0.2) is 11.6 Å². The molecule has 0 aliphatic carbocycles. The standard InChI is InChI=1S/C23H26FN3O5S/c1-23(28,22-25-12-19(24)13-26-22)16-33(29,30)27(14-17-4-8-20(31-2)9-5-17)15-18-6-10-21(32-3)11-7-18/h4-13,28H,14-16H2,1-3H3/t23-/m0/s1. The van der Waals surface area contributed by atoms with Gasteiger partial charge in [-0.05, 0) is 42.3 Å². The van der Waals surface area contributed by atoms with Gasteiger partial charge in [-0.2, -0.15) is 4.31 Å².